The molecule has 3 heterocycles. The molecule has 1 aliphatic rings. The number of carbonyl (C=O) groups is 2. The Balaban J connectivity index is 1.87. The zero-order valence-corrected chi connectivity index (χ0v) is 12.2. The van der Waals surface area contributed by atoms with E-state index in [0.29, 0.717) is 13.0 Å². The van der Waals surface area contributed by atoms with E-state index in [-0.39, 0.29) is 11.8 Å². The Labute approximate surface area is 120 Å². The summed E-state index contributed by atoms with van der Waals surface area (Å²) in [5.41, 5.74) is 0.811. The third-order valence-corrected chi connectivity index (χ3v) is 4.32. The van der Waals surface area contributed by atoms with Crippen molar-refractivity contribution in [1.82, 2.24) is 19.6 Å². The second-order valence-electron chi connectivity index (χ2n) is 4.95. The van der Waals surface area contributed by atoms with E-state index >= 15 is 0 Å². The Kier molecular flexibility index (Phi) is 3.21. The summed E-state index contributed by atoms with van der Waals surface area (Å²) in [6, 6.07) is -0.868. The fourth-order valence-corrected chi connectivity index (χ4v) is 3.25. The van der Waals surface area contributed by atoms with Crippen molar-refractivity contribution < 1.29 is 9.59 Å². The van der Waals surface area contributed by atoms with E-state index in [1.54, 1.807) is 23.2 Å². The van der Waals surface area contributed by atoms with E-state index in [1.165, 1.54) is 0 Å². The highest BCUT2D eigenvalue weighted by Gasteiger charge is 2.37. The number of hydrogen-bond acceptors (Lipinski definition) is 4. The van der Waals surface area contributed by atoms with Crippen LogP contribution in [0.15, 0.2) is 17.8 Å². The van der Waals surface area contributed by atoms with Crippen LogP contribution in [0.25, 0.3) is 4.96 Å². The number of rotatable bonds is 3. The lowest BCUT2D eigenvalue weighted by Crippen LogP contribution is -2.61. The van der Waals surface area contributed by atoms with Crippen molar-refractivity contribution in [2.24, 2.45) is 0 Å². The van der Waals surface area contributed by atoms with Crippen molar-refractivity contribution in [3.63, 3.8) is 0 Å². The largest absolute Gasteiger partial charge is 0.343 e. The summed E-state index contributed by atoms with van der Waals surface area (Å²) in [7, 11) is 0. The molecule has 7 heteroatoms. The minimum Gasteiger partial charge on any atom is -0.343 e. The number of carbonyl (C=O) groups excluding carboxylic acids is 2. The quantitative estimate of drug-likeness (QED) is 0.918. The zero-order chi connectivity index (χ0) is 14.3. The highest BCUT2D eigenvalue weighted by atomic mass is 32.1. The number of nitrogens with zero attached hydrogens (tertiary/aromatic N) is 3. The van der Waals surface area contributed by atoms with Crippen LogP contribution in [0.5, 0.6) is 0 Å². The molecule has 2 atom stereocenters. The second kappa shape index (κ2) is 4.90. The molecule has 1 saturated heterocycles. The summed E-state index contributed by atoms with van der Waals surface area (Å²) in [5.74, 6) is -0.131. The minimum atomic E-state index is -0.464. The highest BCUT2D eigenvalue weighted by Crippen LogP contribution is 2.18. The summed E-state index contributed by atoms with van der Waals surface area (Å²) >= 11 is 1.55. The van der Waals surface area contributed by atoms with Gasteiger partial charge in [-0.05, 0) is 13.3 Å². The number of thiazole rings is 1. The smallest absolute Gasteiger partial charge is 0.245 e. The van der Waals surface area contributed by atoms with Gasteiger partial charge in [-0.3, -0.25) is 14.0 Å². The molecule has 2 unspecified atom stereocenters. The maximum absolute atomic E-state index is 12.3. The summed E-state index contributed by atoms with van der Waals surface area (Å²) in [6.07, 6.45) is 4.44. The van der Waals surface area contributed by atoms with Crippen molar-refractivity contribution in [1.29, 1.82) is 0 Å². The lowest BCUT2D eigenvalue weighted by molar-refractivity contribution is -0.149. The first-order chi connectivity index (χ1) is 9.60. The van der Waals surface area contributed by atoms with Gasteiger partial charge in [0.1, 0.15) is 12.1 Å². The summed E-state index contributed by atoms with van der Waals surface area (Å²) in [4.78, 5) is 31.3. The van der Waals surface area contributed by atoms with Crippen LogP contribution in [0, 0.1) is 0 Å². The average molecular weight is 292 g/mol. The molecular formula is C13H16N4O2S. The predicted octanol–water partition coefficient (Wildman–Crippen LogP) is 1.02. The Bertz CT molecular complexity index is 634. The maximum Gasteiger partial charge on any atom is 0.245 e. The van der Waals surface area contributed by atoms with Crippen LogP contribution in [-0.4, -0.2) is 38.2 Å². The van der Waals surface area contributed by atoms with E-state index in [1.807, 2.05) is 29.1 Å². The standard InChI is InChI=1S/C13H16N4O2S/c1-3-10-11(18)14-8(2)12(19)17(10)7-9-6-16-4-5-20-13(16)15-9/h4-6,8,10H,3,7H2,1-2H3,(H,14,18). The number of aromatic nitrogens is 2. The van der Waals surface area contributed by atoms with Crippen molar-refractivity contribution >= 4 is 28.1 Å². The molecule has 6 nitrogen and oxygen atoms in total. The molecule has 0 bridgehead atoms. The Morgan fingerprint density at radius 1 is 1.45 bits per heavy atom. The molecule has 2 amide bonds. The first kappa shape index (κ1) is 13.1. The minimum absolute atomic E-state index is 0.0483. The molecule has 1 N–H and O–H groups in total. The molecule has 2 aromatic rings. The third-order valence-electron chi connectivity index (χ3n) is 3.55. The molecule has 0 saturated carbocycles. The van der Waals surface area contributed by atoms with E-state index in [4.69, 9.17) is 0 Å². The zero-order valence-electron chi connectivity index (χ0n) is 11.4. The lowest BCUT2D eigenvalue weighted by Gasteiger charge is -2.37. The molecule has 20 heavy (non-hydrogen) atoms. The molecule has 3 rings (SSSR count). The van der Waals surface area contributed by atoms with Crippen molar-refractivity contribution in [3.8, 4) is 0 Å². The van der Waals surface area contributed by atoms with Crippen molar-refractivity contribution in [3.05, 3.63) is 23.5 Å². The van der Waals surface area contributed by atoms with E-state index in [9.17, 15) is 9.59 Å². The van der Waals surface area contributed by atoms with Gasteiger partial charge in [0.25, 0.3) is 0 Å². The fourth-order valence-electron chi connectivity index (χ4n) is 2.54. The molecule has 0 aromatic carbocycles. The fraction of sp³-hybridized carbons (Fsp3) is 0.462. The predicted molar refractivity (Wildman–Crippen MR) is 75.3 cm³/mol. The van der Waals surface area contributed by atoms with Crippen LogP contribution >= 0.6 is 11.3 Å². The number of hydrogen-bond donors (Lipinski definition) is 1. The first-order valence-corrected chi connectivity index (χ1v) is 7.50. The molecule has 0 aliphatic carbocycles. The second-order valence-corrected chi connectivity index (χ2v) is 5.82. The molecule has 1 fully saturated rings. The van der Waals surface area contributed by atoms with Gasteiger partial charge in [0.05, 0.1) is 12.2 Å². The lowest BCUT2D eigenvalue weighted by atomic mass is 10.1. The summed E-state index contributed by atoms with van der Waals surface area (Å²) < 4.78 is 1.93. The van der Waals surface area contributed by atoms with E-state index < -0.39 is 12.1 Å². The topological polar surface area (TPSA) is 66.7 Å². The first-order valence-electron chi connectivity index (χ1n) is 6.62. The van der Waals surface area contributed by atoms with Crippen LogP contribution < -0.4 is 5.32 Å². The number of nitrogens with one attached hydrogen (secondary N) is 1. The van der Waals surface area contributed by atoms with Crippen LogP contribution in [0.4, 0.5) is 0 Å². The molecular weight excluding hydrogens is 276 g/mol. The number of imidazole rings is 1. The number of fused-ring (bicyclic) bond motifs is 1. The van der Waals surface area contributed by atoms with Gasteiger partial charge in [-0.1, -0.05) is 6.92 Å². The molecule has 2 aromatic heterocycles. The Morgan fingerprint density at radius 2 is 2.25 bits per heavy atom. The van der Waals surface area contributed by atoms with Crippen LogP contribution in [0.3, 0.4) is 0 Å². The van der Waals surface area contributed by atoms with E-state index in [2.05, 4.69) is 10.3 Å². The molecule has 0 radical (unpaired) electrons. The van der Waals surface area contributed by atoms with Gasteiger partial charge in [0.15, 0.2) is 4.96 Å². The third kappa shape index (κ3) is 2.07. The number of amides is 2. The normalized spacial score (nSPS) is 23.4. The Hall–Kier alpha value is -1.89. The molecule has 1 aliphatic heterocycles. The van der Waals surface area contributed by atoms with Crippen molar-refractivity contribution in [2.75, 3.05) is 0 Å². The highest BCUT2D eigenvalue weighted by molar-refractivity contribution is 7.15. The van der Waals surface area contributed by atoms with Crippen molar-refractivity contribution in [2.45, 2.75) is 38.9 Å². The average Bonchev–Trinajstić information content (AvgIpc) is 2.96. The summed E-state index contributed by atoms with van der Waals surface area (Å²) in [6.45, 7) is 4.00. The Morgan fingerprint density at radius 3 is 2.95 bits per heavy atom. The maximum atomic E-state index is 12.3. The van der Waals surface area contributed by atoms with Gasteiger partial charge in [0.2, 0.25) is 11.8 Å². The van der Waals surface area contributed by atoms with Gasteiger partial charge in [0, 0.05) is 17.8 Å². The van der Waals surface area contributed by atoms with Gasteiger partial charge >= 0.3 is 0 Å². The monoisotopic (exact) mass is 292 g/mol. The van der Waals surface area contributed by atoms with Crippen LogP contribution in [0.1, 0.15) is 26.0 Å². The molecule has 0 spiro atoms. The van der Waals surface area contributed by atoms with E-state index in [0.717, 1.165) is 10.7 Å². The van der Waals surface area contributed by atoms with Gasteiger partial charge < -0.3 is 10.2 Å². The van der Waals surface area contributed by atoms with Crippen LogP contribution in [-0.2, 0) is 16.1 Å². The van der Waals surface area contributed by atoms with Gasteiger partial charge in [-0.15, -0.1) is 11.3 Å². The molecule has 106 valence electrons. The summed E-state index contributed by atoms with van der Waals surface area (Å²) in [5, 5.41) is 4.67. The van der Waals surface area contributed by atoms with Gasteiger partial charge in [-0.25, -0.2) is 4.98 Å². The van der Waals surface area contributed by atoms with Crippen LogP contribution in [0.2, 0.25) is 0 Å². The SMILES string of the molecule is CCC1C(=O)NC(C)C(=O)N1Cc1cn2ccsc2n1. The van der Waals surface area contributed by atoms with Gasteiger partial charge in [-0.2, -0.15) is 0 Å². The number of piperazine rings is 1.